The van der Waals surface area contributed by atoms with Crippen LogP contribution < -0.4 is 5.69 Å². The van der Waals surface area contributed by atoms with Gasteiger partial charge in [-0.2, -0.15) is 0 Å². The van der Waals surface area contributed by atoms with Crippen LogP contribution in [0.1, 0.15) is 19.8 Å². The maximum atomic E-state index is 11.3. The molecule has 1 rings (SSSR count). The molecule has 1 N–H and O–H groups in total. The first-order chi connectivity index (χ1) is 6.11. The number of aryl methyl sites for hydroxylation is 2. The van der Waals surface area contributed by atoms with Crippen LogP contribution in [0.4, 0.5) is 0 Å². The molecule has 0 saturated carbocycles. The first kappa shape index (κ1) is 10.1. The van der Waals surface area contributed by atoms with Crippen LogP contribution in [0.2, 0.25) is 0 Å². The highest BCUT2D eigenvalue weighted by atomic mass is 16.3. The lowest BCUT2D eigenvalue weighted by Crippen LogP contribution is -2.22. The van der Waals surface area contributed by atoms with Gasteiger partial charge >= 0.3 is 5.69 Å². The van der Waals surface area contributed by atoms with E-state index in [1.807, 2.05) is 0 Å². The summed E-state index contributed by atoms with van der Waals surface area (Å²) in [5.41, 5.74) is 0.00518. The van der Waals surface area contributed by atoms with Gasteiger partial charge in [0.25, 0.3) is 0 Å². The Hall–Kier alpha value is -1.03. The second-order valence-electron chi connectivity index (χ2n) is 3.38. The highest BCUT2D eigenvalue weighted by Gasteiger charge is 2.00. The van der Waals surface area contributed by atoms with Crippen molar-refractivity contribution in [2.45, 2.75) is 32.4 Å². The zero-order valence-corrected chi connectivity index (χ0v) is 8.10. The van der Waals surface area contributed by atoms with Gasteiger partial charge in [0.2, 0.25) is 0 Å². The van der Waals surface area contributed by atoms with Crippen LogP contribution in [-0.2, 0) is 13.6 Å². The molecule has 0 aliphatic carbocycles. The summed E-state index contributed by atoms with van der Waals surface area (Å²) < 4.78 is 3.20. The van der Waals surface area contributed by atoms with Gasteiger partial charge in [-0.1, -0.05) is 0 Å². The molecule has 0 bridgehead atoms. The Morgan fingerprint density at radius 2 is 2.23 bits per heavy atom. The van der Waals surface area contributed by atoms with Gasteiger partial charge in [0.15, 0.2) is 0 Å². The summed E-state index contributed by atoms with van der Waals surface area (Å²) in [4.78, 5) is 11.3. The van der Waals surface area contributed by atoms with E-state index in [1.165, 1.54) is 0 Å². The predicted molar refractivity (Wildman–Crippen MR) is 50.6 cm³/mol. The van der Waals surface area contributed by atoms with Crippen molar-refractivity contribution in [3.8, 4) is 0 Å². The topological polar surface area (TPSA) is 47.2 Å². The molecular formula is C9H16N2O2. The number of nitrogens with zero attached hydrogens (tertiary/aromatic N) is 2. The van der Waals surface area contributed by atoms with Gasteiger partial charge in [-0.05, 0) is 19.8 Å². The fraction of sp³-hybridized carbons (Fsp3) is 0.667. The molecule has 0 fully saturated rings. The van der Waals surface area contributed by atoms with Gasteiger partial charge in [0, 0.05) is 26.0 Å². The number of aliphatic hydroxyl groups is 1. The van der Waals surface area contributed by atoms with Crippen molar-refractivity contribution in [1.82, 2.24) is 9.13 Å². The molecule has 0 aliphatic heterocycles. The van der Waals surface area contributed by atoms with Gasteiger partial charge in [0.1, 0.15) is 0 Å². The van der Waals surface area contributed by atoms with Crippen LogP contribution in [-0.4, -0.2) is 20.3 Å². The van der Waals surface area contributed by atoms with E-state index < -0.39 is 0 Å². The standard InChI is InChI=1S/C9H16N2O2/c1-8(12)4-3-5-11-7-6-10(2)9(11)13/h6-8,12H,3-5H2,1-2H3. The Morgan fingerprint density at radius 3 is 2.69 bits per heavy atom. The molecule has 1 heterocycles. The minimum Gasteiger partial charge on any atom is -0.393 e. The SMILES string of the molecule is CC(O)CCCn1ccn(C)c1=O. The Labute approximate surface area is 77.4 Å². The zero-order valence-electron chi connectivity index (χ0n) is 8.10. The van der Waals surface area contributed by atoms with E-state index in [1.54, 1.807) is 35.5 Å². The summed E-state index contributed by atoms with van der Waals surface area (Å²) in [5, 5.41) is 9.01. The third kappa shape index (κ3) is 2.73. The molecule has 1 aromatic heterocycles. The highest BCUT2D eigenvalue weighted by Crippen LogP contribution is 1.97. The van der Waals surface area contributed by atoms with Crippen molar-refractivity contribution in [2.75, 3.05) is 0 Å². The van der Waals surface area contributed by atoms with E-state index in [4.69, 9.17) is 5.11 Å². The molecule has 1 aromatic rings. The summed E-state index contributed by atoms with van der Waals surface area (Å²) in [5.74, 6) is 0. The van der Waals surface area contributed by atoms with Crippen molar-refractivity contribution in [1.29, 1.82) is 0 Å². The van der Waals surface area contributed by atoms with E-state index >= 15 is 0 Å². The molecule has 1 atom stereocenters. The van der Waals surface area contributed by atoms with E-state index in [2.05, 4.69) is 0 Å². The van der Waals surface area contributed by atoms with Gasteiger partial charge in [-0.15, -0.1) is 0 Å². The Kier molecular flexibility index (Phi) is 3.31. The maximum absolute atomic E-state index is 11.3. The molecule has 0 saturated heterocycles. The van der Waals surface area contributed by atoms with Gasteiger partial charge in [-0.3, -0.25) is 4.57 Å². The van der Waals surface area contributed by atoms with Crippen LogP contribution in [0.15, 0.2) is 17.2 Å². The van der Waals surface area contributed by atoms with Crippen LogP contribution >= 0.6 is 0 Å². The third-order valence-corrected chi connectivity index (χ3v) is 2.04. The van der Waals surface area contributed by atoms with Crippen molar-refractivity contribution in [3.63, 3.8) is 0 Å². The normalized spacial score (nSPS) is 13.2. The van der Waals surface area contributed by atoms with E-state index in [9.17, 15) is 4.79 Å². The van der Waals surface area contributed by atoms with Crippen molar-refractivity contribution < 1.29 is 5.11 Å². The van der Waals surface area contributed by atoms with Crippen LogP contribution in [0.3, 0.4) is 0 Å². The van der Waals surface area contributed by atoms with E-state index in [0.717, 1.165) is 12.8 Å². The lowest BCUT2D eigenvalue weighted by molar-refractivity contribution is 0.179. The average Bonchev–Trinajstić information content (AvgIpc) is 2.35. The summed E-state index contributed by atoms with van der Waals surface area (Å²) in [6, 6.07) is 0. The molecule has 0 spiro atoms. The first-order valence-corrected chi connectivity index (χ1v) is 4.51. The minimum absolute atomic E-state index is 0.00518. The molecule has 0 aliphatic rings. The number of aliphatic hydroxyl groups excluding tert-OH is 1. The molecule has 74 valence electrons. The quantitative estimate of drug-likeness (QED) is 0.734. The fourth-order valence-electron chi connectivity index (χ4n) is 1.24. The van der Waals surface area contributed by atoms with Gasteiger partial charge < -0.3 is 9.67 Å². The smallest absolute Gasteiger partial charge is 0.327 e. The predicted octanol–water partition coefficient (Wildman–Crippen LogP) is 0.348. The highest BCUT2D eigenvalue weighted by molar-refractivity contribution is 4.79. The second-order valence-corrected chi connectivity index (χ2v) is 3.38. The molecule has 0 aromatic carbocycles. The summed E-state index contributed by atoms with van der Waals surface area (Å²) in [7, 11) is 1.73. The molecular weight excluding hydrogens is 168 g/mol. The lowest BCUT2D eigenvalue weighted by atomic mass is 10.2. The van der Waals surface area contributed by atoms with Crippen molar-refractivity contribution >= 4 is 0 Å². The van der Waals surface area contributed by atoms with Crippen LogP contribution in [0.5, 0.6) is 0 Å². The molecule has 0 amide bonds. The van der Waals surface area contributed by atoms with Crippen molar-refractivity contribution in [2.24, 2.45) is 7.05 Å². The van der Waals surface area contributed by atoms with E-state index in [-0.39, 0.29) is 11.8 Å². The Morgan fingerprint density at radius 1 is 1.54 bits per heavy atom. The van der Waals surface area contributed by atoms with Crippen molar-refractivity contribution in [3.05, 3.63) is 22.9 Å². The fourth-order valence-corrected chi connectivity index (χ4v) is 1.24. The monoisotopic (exact) mass is 184 g/mol. The zero-order chi connectivity index (χ0) is 9.84. The van der Waals surface area contributed by atoms with Gasteiger partial charge in [-0.25, -0.2) is 4.79 Å². The number of hydrogen-bond donors (Lipinski definition) is 1. The van der Waals surface area contributed by atoms with Crippen LogP contribution in [0, 0.1) is 0 Å². The molecule has 13 heavy (non-hydrogen) atoms. The maximum Gasteiger partial charge on any atom is 0.327 e. The summed E-state index contributed by atoms with van der Waals surface area (Å²) >= 11 is 0. The second kappa shape index (κ2) is 4.28. The Balaban J connectivity index is 2.46. The minimum atomic E-state index is -0.278. The molecule has 1 unspecified atom stereocenters. The summed E-state index contributed by atoms with van der Waals surface area (Å²) in [6.45, 7) is 2.44. The number of rotatable bonds is 4. The number of imidazole rings is 1. The summed E-state index contributed by atoms with van der Waals surface area (Å²) in [6.07, 6.45) is 4.80. The Bertz CT molecular complexity index is 312. The molecule has 4 heteroatoms. The largest absolute Gasteiger partial charge is 0.393 e. The first-order valence-electron chi connectivity index (χ1n) is 4.51. The average molecular weight is 184 g/mol. The van der Waals surface area contributed by atoms with Crippen LogP contribution in [0.25, 0.3) is 0 Å². The van der Waals surface area contributed by atoms with Gasteiger partial charge in [0.05, 0.1) is 6.10 Å². The number of hydrogen-bond acceptors (Lipinski definition) is 2. The molecule has 0 radical (unpaired) electrons. The van der Waals surface area contributed by atoms with E-state index in [0.29, 0.717) is 6.54 Å². The number of aromatic nitrogens is 2. The third-order valence-electron chi connectivity index (χ3n) is 2.04. The lowest BCUT2D eigenvalue weighted by Gasteiger charge is -2.03. The molecule has 4 nitrogen and oxygen atoms in total.